The Morgan fingerprint density at radius 3 is 2.31 bits per heavy atom. The molecule has 0 saturated heterocycles. The SMILES string of the molecule is CCOc1c(C)c(C)c(O)c2ccccc12. The summed E-state index contributed by atoms with van der Waals surface area (Å²) in [6.45, 7) is 6.50. The van der Waals surface area contributed by atoms with E-state index in [9.17, 15) is 5.11 Å². The van der Waals surface area contributed by atoms with Crippen LogP contribution < -0.4 is 4.74 Å². The van der Waals surface area contributed by atoms with Crippen LogP contribution in [0.5, 0.6) is 11.5 Å². The van der Waals surface area contributed by atoms with Crippen molar-refractivity contribution >= 4 is 10.8 Å². The van der Waals surface area contributed by atoms with Crippen LogP contribution in [0.15, 0.2) is 24.3 Å². The molecular formula is C14H16O2. The van der Waals surface area contributed by atoms with Crippen molar-refractivity contribution in [3.8, 4) is 11.5 Å². The number of phenols is 1. The molecule has 0 radical (unpaired) electrons. The summed E-state index contributed by atoms with van der Waals surface area (Å²) < 4.78 is 5.67. The van der Waals surface area contributed by atoms with Crippen LogP contribution >= 0.6 is 0 Å². The Kier molecular flexibility index (Phi) is 2.73. The van der Waals surface area contributed by atoms with Gasteiger partial charge >= 0.3 is 0 Å². The lowest BCUT2D eigenvalue weighted by atomic mass is 10.00. The van der Waals surface area contributed by atoms with Crippen LogP contribution in [0, 0.1) is 13.8 Å². The van der Waals surface area contributed by atoms with Crippen LogP contribution in [-0.2, 0) is 0 Å². The van der Waals surface area contributed by atoms with Crippen molar-refractivity contribution in [3.05, 3.63) is 35.4 Å². The molecule has 0 aliphatic heterocycles. The highest BCUT2D eigenvalue weighted by Gasteiger charge is 2.13. The fourth-order valence-electron chi connectivity index (χ4n) is 1.97. The Morgan fingerprint density at radius 2 is 1.69 bits per heavy atom. The first-order valence-corrected chi connectivity index (χ1v) is 5.50. The van der Waals surface area contributed by atoms with Gasteiger partial charge in [-0.3, -0.25) is 0 Å². The van der Waals surface area contributed by atoms with Crippen LogP contribution in [0.3, 0.4) is 0 Å². The molecule has 0 aliphatic carbocycles. The molecule has 84 valence electrons. The number of ether oxygens (including phenoxy) is 1. The summed E-state index contributed by atoms with van der Waals surface area (Å²) in [7, 11) is 0. The third kappa shape index (κ3) is 1.51. The second-order valence-corrected chi connectivity index (χ2v) is 3.91. The minimum absolute atomic E-state index is 0.358. The normalized spacial score (nSPS) is 10.7. The second-order valence-electron chi connectivity index (χ2n) is 3.91. The first kappa shape index (κ1) is 10.8. The number of benzene rings is 2. The number of hydrogen-bond donors (Lipinski definition) is 1. The van der Waals surface area contributed by atoms with Crippen LogP contribution in [-0.4, -0.2) is 11.7 Å². The van der Waals surface area contributed by atoms with Crippen molar-refractivity contribution in [1.29, 1.82) is 0 Å². The zero-order valence-corrected chi connectivity index (χ0v) is 9.87. The average Bonchev–Trinajstić information content (AvgIpc) is 2.32. The molecule has 0 amide bonds. The lowest BCUT2D eigenvalue weighted by Gasteiger charge is -2.15. The maximum Gasteiger partial charge on any atom is 0.130 e. The molecular weight excluding hydrogens is 200 g/mol. The Balaban J connectivity index is 2.86. The Morgan fingerprint density at radius 1 is 1.06 bits per heavy atom. The van der Waals surface area contributed by atoms with Crippen molar-refractivity contribution in [2.75, 3.05) is 6.61 Å². The smallest absolute Gasteiger partial charge is 0.130 e. The molecule has 2 nitrogen and oxygen atoms in total. The number of rotatable bonds is 2. The van der Waals surface area contributed by atoms with Crippen LogP contribution in [0.2, 0.25) is 0 Å². The van der Waals surface area contributed by atoms with E-state index in [4.69, 9.17) is 4.74 Å². The number of aromatic hydroxyl groups is 1. The Bertz CT molecular complexity index is 530. The van der Waals surface area contributed by atoms with Gasteiger partial charge in [-0.25, -0.2) is 0 Å². The summed E-state index contributed by atoms with van der Waals surface area (Å²) in [5.41, 5.74) is 1.90. The van der Waals surface area contributed by atoms with Gasteiger partial charge in [0.25, 0.3) is 0 Å². The summed E-state index contributed by atoms with van der Waals surface area (Å²) in [5.74, 6) is 1.24. The molecule has 0 bridgehead atoms. The van der Waals surface area contributed by atoms with Gasteiger partial charge in [-0.05, 0) is 31.9 Å². The number of hydrogen-bond acceptors (Lipinski definition) is 2. The molecule has 0 spiro atoms. The third-order valence-electron chi connectivity index (χ3n) is 2.97. The predicted molar refractivity (Wildman–Crippen MR) is 66.3 cm³/mol. The van der Waals surface area contributed by atoms with Crippen molar-refractivity contribution in [2.45, 2.75) is 20.8 Å². The van der Waals surface area contributed by atoms with Gasteiger partial charge in [-0.2, -0.15) is 0 Å². The molecule has 0 saturated carbocycles. The van der Waals surface area contributed by atoms with Crippen molar-refractivity contribution < 1.29 is 9.84 Å². The highest BCUT2D eigenvalue weighted by Crippen LogP contribution is 2.39. The molecule has 16 heavy (non-hydrogen) atoms. The lowest BCUT2D eigenvalue weighted by Crippen LogP contribution is -1.97. The van der Waals surface area contributed by atoms with Gasteiger partial charge in [-0.15, -0.1) is 0 Å². The van der Waals surface area contributed by atoms with Crippen molar-refractivity contribution in [3.63, 3.8) is 0 Å². The minimum atomic E-state index is 0.358. The van der Waals surface area contributed by atoms with Gasteiger partial charge in [0.1, 0.15) is 11.5 Å². The van der Waals surface area contributed by atoms with Crippen molar-refractivity contribution in [2.24, 2.45) is 0 Å². The van der Waals surface area contributed by atoms with Crippen molar-refractivity contribution in [1.82, 2.24) is 0 Å². The first-order valence-electron chi connectivity index (χ1n) is 5.50. The summed E-state index contributed by atoms with van der Waals surface area (Å²) in [4.78, 5) is 0. The van der Waals surface area contributed by atoms with E-state index in [0.29, 0.717) is 12.4 Å². The molecule has 1 N–H and O–H groups in total. The summed E-state index contributed by atoms with van der Waals surface area (Å²) in [5, 5.41) is 11.9. The predicted octanol–water partition coefficient (Wildman–Crippen LogP) is 3.56. The van der Waals surface area contributed by atoms with Gasteiger partial charge in [0.2, 0.25) is 0 Å². The number of fused-ring (bicyclic) bond motifs is 1. The largest absolute Gasteiger partial charge is 0.507 e. The van der Waals surface area contributed by atoms with Gasteiger partial charge in [0.15, 0.2) is 0 Å². The third-order valence-corrected chi connectivity index (χ3v) is 2.97. The molecule has 2 aromatic carbocycles. The molecule has 2 aromatic rings. The maximum absolute atomic E-state index is 10.1. The van der Waals surface area contributed by atoms with Crippen LogP contribution in [0.4, 0.5) is 0 Å². The fraction of sp³-hybridized carbons (Fsp3) is 0.286. The summed E-state index contributed by atoms with van der Waals surface area (Å²) >= 11 is 0. The van der Waals surface area contributed by atoms with Gasteiger partial charge in [0, 0.05) is 10.8 Å². The van der Waals surface area contributed by atoms with E-state index >= 15 is 0 Å². The quantitative estimate of drug-likeness (QED) is 0.831. The standard InChI is InChI=1S/C14H16O2/c1-4-16-14-10(3)9(2)13(15)11-7-5-6-8-12(11)14/h5-8,15H,4H2,1-3H3. The van der Waals surface area contributed by atoms with E-state index in [1.54, 1.807) is 0 Å². The zero-order valence-electron chi connectivity index (χ0n) is 9.87. The Labute approximate surface area is 95.5 Å². The molecule has 0 atom stereocenters. The van der Waals surface area contributed by atoms with E-state index < -0.39 is 0 Å². The monoisotopic (exact) mass is 216 g/mol. The van der Waals surface area contributed by atoms with Crippen LogP contribution in [0.25, 0.3) is 10.8 Å². The van der Waals surface area contributed by atoms with E-state index in [-0.39, 0.29) is 0 Å². The van der Waals surface area contributed by atoms with Gasteiger partial charge < -0.3 is 9.84 Å². The molecule has 2 rings (SSSR count). The van der Waals surface area contributed by atoms with E-state index in [1.165, 1.54) is 0 Å². The van der Waals surface area contributed by atoms with E-state index in [2.05, 4.69) is 0 Å². The lowest BCUT2D eigenvalue weighted by molar-refractivity contribution is 0.341. The fourth-order valence-corrected chi connectivity index (χ4v) is 1.97. The zero-order chi connectivity index (χ0) is 11.7. The summed E-state index contributed by atoms with van der Waals surface area (Å²) in [6.07, 6.45) is 0. The average molecular weight is 216 g/mol. The molecule has 0 aliphatic rings. The van der Waals surface area contributed by atoms with Gasteiger partial charge in [0.05, 0.1) is 6.61 Å². The molecule has 0 unspecified atom stereocenters. The Hall–Kier alpha value is -1.70. The first-order chi connectivity index (χ1) is 7.66. The molecule has 0 aromatic heterocycles. The highest BCUT2D eigenvalue weighted by atomic mass is 16.5. The highest BCUT2D eigenvalue weighted by molar-refractivity contribution is 5.95. The molecule has 0 fully saturated rings. The van der Waals surface area contributed by atoms with E-state index in [0.717, 1.165) is 27.6 Å². The second kappa shape index (κ2) is 4.05. The maximum atomic E-state index is 10.1. The molecule has 0 heterocycles. The summed E-state index contributed by atoms with van der Waals surface area (Å²) in [6, 6.07) is 7.78. The molecule has 2 heteroatoms. The topological polar surface area (TPSA) is 29.5 Å². The number of phenolic OH excluding ortho intramolecular Hbond substituents is 1. The van der Waals surface area contributed by atoms with Gasteiger partial charge in [-0.1, -0.05) is 24.3 Å². The van der Waals surface area contributed by atoms with Crippen LogP contribution in [0.1, 0.15) is 18.1 Å². The minimum Gasteiger partial charge on any atom is -0.507 e. The van der Waals surface area contributed by atoms with E-state index in [1.807, 2.05) is 45.0 Å².